The summed E-state index contributed by atoms with van der Waals surface area (Å²) in [6.45, 7) is 1.68. The molecule has 0 bridgehead atoms. The van der Waals surface area contributed by atoms with Gasteiger partial charge in [-0.1, -0.05) is 0 Å². The number of carbonyl (C=O) groups is 1. The lowest BCUT2D eigenvalue weighted by atomic mass is 10.1. The minimum atomic E-state index is -4.35. The Morgan fingerprint density at radius 2 is 2.10 bits per heavy atom. The molecule has 0 amide bonds. The van der Waals surface area contributed by atoms with Crippen LogP contribution in [-0.2, 0) is 11.2 Å². The highest BCUT2D eigenvalue weighted by Crippen LogP contribution is 2.32. The van der Waals surface area contributed by atoms with E-state index in [9.17, 15) is 23.1 Å². The standard InChI is InChI=1S/C14H13F3O4/c1-2-20-13(19)12-9-7-8(18)3-4-10(9)21-11(12)5-6-14(15,16)17/h3-4,7,18H,2,5-6H2,1H3. The molecule has 0 radical (unpaired) electrons. The molecule has 0 fully saturated rings. The molecular formula is C14H13F3O4. The Labute approximate surface area is 118 Å². The predicted octanol–water partition coefficient (Wildman–Crippen LogP) is 3.81. The molecule has 1 aromatic heterocycles. The van der Waals surface area contributed by atoms with Gasteiger partial charge in [0.2, 0.25) is 0 Å². The van der Waals surface area contributed by atoms with Gasteiger partial charge < -0.3 is 14.3 Å². The zero-order chi connectivity index (χ0) is 15.6. The zero-order valence-electron chi connectivity index (χ0n) is 11.2. The van der Waals surface area contributed by atoms with Gasteiger partial charge in [-0.05, 0) is 25.1 Å². The average molecular weight is 302 g/mol. The first-order valence-corrected chi connectivity index (χ1v) is 6.30. The fourth-order valence-corrected chi connectivity index (χ4v) is 1.99. The van der Waals surface area contributed by atoms with Crippen LogP contribution in [0.25, 0.3) is 11.0 Å². The highest BCUT2D eigenvalue weighted by atomic mass is 19.4. The minimum Gasteiger partial charge on any atom is -0.508 e. The number of benzene rings is 1. The van der Waals surface area contributed by atoms with E-state index in [4.69, 9.17) is 9.15 Å². The SMILES string of the molecule is CCOC(=O)c1c(CCC(F)(F)F)oc2ccc(O)cc12. The third-order valence-electron chi connectivity index (χ3n) is 2.86. The molecule has 2 rings (SSSR count). The molecule has 114 valence electrons. The number of phenolic OH excluding ortho intramolecular Hbond substituents is 1. The van der Waals surface area contributed by atoms with E-state index in [0.717, 1.165) is 0 Å². The van der Waals surface area contributed by atoms with Crippen molar-refractivity contribution in [3.63, 3.8) is 0 Å². The van der Waals surface area contributed by atoms with Crippen molar-refractivity contribution in [2.24, 2.45) is 0 Å². The van der Waals surface area contributed by atoms with Gasteiger partial charge in [-0.25, -0.2) is 4.79 Å². The van der Waals surface area contributed by atoms with Crippen molar-refractivity contribution in [1.29, 1.82) is 0 Å². The number of hydrogen-bond donors (Lipinski definition) is 1. The lowest BCUT2D eigenvalue weighted by molar-refractivity contribution is -0.134. The first-order chi connectivity index (χ1) is 9.81. The molecule has 21 heavy (non-hydrogen) atoms. The normalized spacial score (nSPS) is 11.8. The maximum atomic E-state index is 12.3. The molecule has 4 nitrogen and oxygen atoms in total. The molecular weight excluding hydrogens is 289 g/mol. The number of alkyl halides is 3. The van der Waals surface area contributed by atoms with Crippen LogP contribution >= 0.6 is 0 Å². The molecule has 0 spiro atoms. The quantitative estimate of drug-likeness (QED) is 0.872. The van der Waals surface area contributed by atoms with Crippen LogP contribution in [0.15, 0.2) is 22.6 Å². The molecule has 0 aliphatic rings. The van der Waals surface area contributed by atoms with Crippen LogP contribution in [0.3, 0.4) is 0 Å². The maximum absolute atomic E-state index is 12.3. The predicted molar refractivity (Wildman–Crippen MR) is 68.2 cm³/mol. The largest absolute Gasteiger partial charge is 0.508 e. The van der Waals surface area contributed by atoms with Crippen molar-refractivity contribution in [3.05, 3.63) is 29.5 Å². The number of aromatic hydroxyl groups is 1. The third-order valence-corrected chi connectivity index (χ3v) is 2.86. The number of furan rings is 1. The number of fused-ring (bicyclic) bond motifs is 1. The fraction of sp³-hybridized carbons (Fsp3) is 0.357. The molecule has 1 N–H and O–H groups in total. The highest BCUT2D eigenvalue weighted by molar-refractivity contribution is 6.04. The van der Waals surface area contributed by atoms with Crippen molar-refractivity contribution >= 4 is 16.9 Å². The van der Waals surface area contributed by atoms with Gasteiger partial charge in [0.1, 0.15) is 22.7 Å². The molecule has 0 saturated carbocycles. The number of ether oxygens (including phenoxy) is 1. The van der Waals surface area contributed by atoms with Crippen LogP contribution in [0.5, 0.6) is 5.75 Å². The summed E-state index contributed by atoms with van der Waals surface area (Å²) < 4.78 is 47.2. The van der Waals surface area contributed by atoms with Crippen LogP contribution in [0.1, 0.15) is 29.5 Å². The van der Waals surface area contributed by atoms with Gasteiger partial charge in [0.05, 0.1) is 13.0 Å². The first kappa shape index (κ1) is 15.2. The molecule has 0 saturated heterocycles. The Morgan fingerprint density at radius 3 is 2.71 bits per heavy atom. The number of carbonyl (C=O) groups excluding carboxylic acids is 1. The lowest BCUT2D eigenvalue weighted by Crippen LogP contribution is -2.11. The summed E-state index contributed by atoms with van der Waals surface area (Å²) in [4.78, 5) is 11.9. The van der Waals surface area contributed by atoms with Crippen LogP contribution in [0, 0.1) is 0 Å². The van der Waals surface area contributed by atoms with Gasteiger partial charge in [-0.3, -0.25) is 0 Å². The Kier molecular flexibility index (Phi) is 4.11. The summed E-state index contributed by atoms with van der Waals surface area (Å²) in [5.74, 6) is -0.971. The van der Waals surface area contributed by atoms with Gasteiger partial charge in [0.15, 0.2) is 0 Å². The van der Waals surface area contributed by atoms with E-state index in [0.29, 0.717) is 0 Å². The number of aryl methyl sites for hydroxylation is 1. The van der Waals surface area contributed by atoms with Crippen molar-refractivity contribution in [3.8, 4) is 5.75 Å². The van der Waals surface area contributed by atoms with E-state index < -0.39 is 25.0 Å². The monoisotopic (exact) mass is 302 g/mol. The molecule has 7 heteroatoms. The van der Waals surface area contributed by atoms with Gasteiger partial charge in [-0.15, -0.1) is 0 Å². The summed E-state index contributed by atoms with van der Waals surface area (Å²) in [5, 5.41) is 9.70. The first-order valence-electron chi connectivity index (χ1n) is 6.30. The average Bonchev–Trinajstić information content (AvgIpc) is 2.73. The third kappa shape index (κ3) is 3.48. The van der Waals surface area contributed by atoms with Crippen molar-refractivity contribution in [1.82, 2.24) is 0 Å². The van der Waals surface area contributed by atoms with E-state index in [2.05, 4.69) is 0 Å². The maximum Gasteiger partial charge on any atom is 0.389 e. The van der Waals surface area contributed by atoms with E-state index in [-0.39, 0.29) is 34.6 Å². The van der Waals surface area contributed by atoms with Gasteiger partial charge in [0, 0.05) is 11.8 Å². The second kappa shape index (κ2) is 5.67. The number of rotatable bonds is 4. The Bertz CT molecular complexity index is 658. The Balaban J connectivity index is 2.47. The smallest absolute Gasteiger partial charge is 0.389 e. The summed E-state index contributed by atoms with van der Waals surface area (Å²) >= 11 is 0. The van der Waals surface area contributed by atoms with Crippen molar-refractivity contribution < 1.29 is 32.2 Å². The minimum absolute atomic E-state index is 0.0630. The zero-order valence-corrected chi connectivity index (χ0v) is 11.2. The highest BCUT2D eigenvalue weighted by Gasteiger charge is 2.30. The summed E-state index contributed by atoms with van der Waals surface area (Å²) in [5.41, 5.74) is 0.167. The number of esters is 1. The molecule has 1 aromatic carbocycles. The van der Waals surface area contributed by atoms with E-state index >= 15 is 0 Å². The summed E-state index contributed by atoms with van der Waals surface area (Å²) in [6, 6.07) is 3.99. The van der Waals surface area contributed by atoms with E-state index in [1.807, 2.05) is 0 Å². The summed E-state index contributed by atoms with van der Waals surface area (Å²) in [7, 11) is 0. The molecule has 1 heterocycles. The second-order valence-corrected chi connectivity index (χ2v) is 4.42. The second-order valence-electron chi connectivity index (χ2n) is 4.42. The number of halogens is 3. The van der Waals surface area contributed by atoms with E-state index in [1.165, 1.54) is 18.2 Å². The fourth-order valence-electron chi connectivity index (χ4n) is 1.99. The molecule has 0 aliphatic heterocycles. The molecule has 2 aromatic rings. The Hall–Kier alpha value is -2.18. The van der Waals surface area contributed by atoms with Gasteiger partial charge in [-0.2, -0.15) is 13.2 Å². The topological polar surface area (TPSA) is 59.7 Å². The van der Waals surface area contributed by atoms with Gasteiger partial charge >= 0.3 is 12.1 Å². The number of hydrogen-bond acceptors (Lipinski definition) is 4. The molecule has 0 atom stereocenters. The Morgan fingerprint density at radius 1 is 1.38 bits per heavy atom. The van der Waals surface area contributed by atoms with Crippen LogP contribution in [-0.4, -0.2) is 23.9 Å². The van der Waals surface area contributed by atoms with Crippen LogP contribution in [0.4, 0.5) is 13.2 Å². The van der Waals surface area contributed by atoms with Crippen LogP contribution in [0.2, 0.25) is 0 Å². The van der Waals surface area contributed by atoms with Crippen molar-refractivity contribution in [2.75, 3.05) is 6.61 Å². The van der Waals surface area contributed by atoms with Crippen molar-refractivity contribution in [2.45, 2.75) is 25.9 Å². The number of phenols is 1. The summed E-state index contributed by atoms with van der Waals surface area (Å²) in [6.07, 6.45) is -5.93. The van der Waals surface area contributed by atoms with Gasteiger partial charge in [0.25, 0.3) is 0 Å². The lowest BCUT2D eigenvalue weighted by Gasteiger charge is -2.06. The van der Waals surface area contributed by atoms with E-state index in [1.54, 1.807) is 6.92 Å². The molecule has 0 unspecified atom stereocenters. The molecule has 0 aliphatic carbocycles. The van der Waals surface area contributed by atoms with Crippen LogP contribution < -0.4 is 0 Å².